The Hall–Kier alpha value is -3.28. The van der Waals surface area contributed by atoms with Crippen LogP contribution in [-0.4, -0.2) is 28.6 Å². The Morgan fingerprint density at radius 3 is 2.52 bits per heavy atom. The molecule has 0 saturated carbocycles. The summed E-state index contributed by atoms with van der Waals surface area (Å²) in [7, 11) is 0. The number of carbonyl (C=O) groups excluding carboxylic acids is 1. The third-order valence-electron chi connectivity index (χ3n) is 3.18. The van der Waals surface area contributed by atoms with Gasteiger partial charge in [-0.1, -0.05) is 30.4 Å². The lowest BCUT2D eigenvalue weighted by Crippen LogP contribution is -2.09. The second-order valence-electron chi connectivity index (χ2n) is 4.95. The molecule has 6 heteroatoms. The van der Waals surface area contributed by atoms with Crippen LogP contribution in [-0.2, 0) is 4.74 Å². The number of esters is 1. The SMILES string of the molecule is CCOC(=O)c1cnc(/C=C/C=C/c2ccc(F)cc2)c(C(=O)O)c1. The van der Waals surface area contributed by atoms with Gasteiger partial charge in [0.05, 0.1) is 23.4 Å². The maximum Gasteiger partial charge on any atom is 0.339 e. The Balaban J connectivity index is 2.18. The summed E-state index contributed by atoms with van der Waals surface area (Å²) < 4.78 is 17.7. The number of pyridine rings is 1. The Bertz CT molecular complexity index is 826. The molecule has 25 heavy (non-hydrogen) atoms. The molecule has 0 radical (unpaired) electrons. The Labute approximate surface area is 144 Å². The van der Waals surface area contributed by atoms with Crippen LogP contribution < -0.4 is 0 Å². The van der Waals surface area contributed by atoms with Gasteiger partial charge in [0, 0.05) is 6.20 Å². The predicted octanol–water partition coefficient (Wildman–Crippen LogP) is 3.82. The Morgan fingerprint density at radius 2 is 1.88 bits per heavy atom. The number of nitrogens with zero attached hydrogens (tertiary/aromatic N) is 1. The molecule has 2 aromatic rings. The van der Waals surface area contributed by atoms with E-state index in [-0.39, 0.29) is 29.2 Å². The molecule has 0 aliphatic heterocycles. The third kappa shape index (κ3) is 5.10. The molecule has 0 spiro atoms. The van der Waals surface area contributed by atoms with E-state index in [2.05, 4.69) is 4.98 Å². The molecule has 0 bridgehead atoms. The number of benzene rings is 1. The lowest BCUT2D eigenvalue weighted by molar-refractivity contribution is 0.0526. The fourth-order valence-corrected chi connectivity index (χ4v) is 1.99. The van der Waals surface area contributed by atoms with Gasteiger partial charge >= 0.3 is 11.9 Å². The summed E-state index contributed by atoms with van der Waals surface area (Å²) in [6.07, 6.45) is 7.82. The van der Waals surface area contributed by atoms with Crippen LogP contribution in [0.4, 0.5) is 4.39 Å². The van der Waals surface area contributed by atoms with Crippen LogP contribution in [0.3, 0.4) is 0 Å². The van der Waals surface area contributed by atoms with Crippen molar-refractivity contribution in [1.82, 2.24) is 4.98 Å². The molecule has 0 fully saturated rings. The average molecular weight is 341 g/mol. The van der Waals surface area contributed by atoms with Gasteiger partial charge in [0.25, 0.3) is 0 Å². The van der Waals surface area contributed by atoms with Crippen LogP contribution in [0.2, 0.25) is 0 Å². The molecule has 5 nitrogen and oxygen atoms in total. The van der Waals surface area contributed by atoms with E-state index >= 15 is 0 Å². The lowest BCUT2D eigenvalue weighted by atomic mass is 10.1. The van der Waals surface area contributed by atoms with E-state index in [1.165, 1.54) is 30.5 Å². The van der Waals surface area contributed by atoms with E-state index in [4.69, 9.17) is 4.74 Å². The highest BCUT2D eigenvalue weighted by Gasteiger charge is 2.14. The van der Waals surface area contributed by atoms with Gasteiger partial charge in [-0.05, 0) is 36.8 Å². The van der Waals surface area contributed by atoms with Gasteiger partial charge in [0.15, 0.2) is 0 Å². The van der Waals surface area contributed by atoms with E-state index in [1.54, 1.807) is 37.3 Å². The number of carboxylic acids is 1. The van der Waals surface area contributed by atoms with Crippen molar-refractivity contribution in [2.45, 2.75) is 6.92 Å². The summed E-state index contributed by atoms with van der Waals surface area (Å²) in [4.78, 5) is 27.0. The van der Waals surface area contributed by atoms with Gasteiger partial charge in [-0.2, -0.15) is 0 Å². The maximum atomic E-state index is 12.8. The highest BCUT2D eigenvalue weighted by molar-refractivity contribution is 5.96. The first-order chi connectivity index (χ1) is 12.0. The maximum absolute atomic E-state index is 12.8. The molecule has 1 N–H and O–H groups in total. The first-order valence-corrected chi connectivity index (χ1v) is 7.52. The molecule has 0 unspecified atom stereocenters. The Morgan fingerprint density at radius 1 is 1.20 bits per heavy atom. The zero-order valence-corrected chi connectivity index (χ0v) is 13.5. The van der Waals surface area contributed by atoms with E-state index in [0.29, 0.717) is 0 Å². The standard InChI is InChI=1S/C19H16FNO4/c1-2-25-19(24)14-11-16(18(22)23)17(21-12-14)6-4-3-5-13-7-9-15(20)10-8-13/h3-12H,2H2,1H3,(H,22,23)/b5-3+,6-4+. The quantitative estimate of drug-likeness (QED) is 0.638. The highest BCUT2D eigenvalue weighted by Crippen LogP contribution is 2.13. The highest BCUT2D eigenvalue weighted by atomic mass is 19.1. The Kier molecular flexibility index (Phi) is 6.17. The molecule has 0 saturated heterocycles. The number of aromatic nitrogens is 1. The van der Waals surface area contributed by atoms with Crippen molar-refractivity contribution in [3.63, 3.8) is 0 Å². The van der Waals surface area contributed by atoms with Gasteiger partial charge < -0.3 is 9.84 Å². The largest absolute Gasteiger partial charge is 0.478 e. The summed E-state index contributed by atoms with van der Waals surface area (Å²) in [5.41, 5.74) is 0.995. The zero-order valence-electron chi connectivity index (χ0n) is 13.5. The topological polar surface area (TPSA) is 76.5 Å². The molecule has 1 aromatic heterocycles. The fraction of sp³-hybridized carbons (Fsp3) is 0.105. The first-order valence-electron chi connectivity index (χ1n) is 7.52. The summed E-state index contributed by atoms with van der Waals surface area (Å²) >= 11 is 0. The fourth-order valence-electron chi connectivity index (χ4n) is 1.99. The van der Waals surface area contributed by atoms with E-state index < -0.39 is 11.9 Å². The monoisotopic (exact) mass is 341 g/mol. The van der Waals surface area contributed by atoms with Crippen LogP contribution in [0.5, 0.6) is 0 Å². The van der Waals surface area contributed by atoms with E-state index in [0.717, 1.165) is 5.56 Å². The van der Waals surface area contributed by atoms with Crippen molar-refractivity contribution in [2.24, 2.45) is 0 Å². The number of aromatic carboxylic acids is 1. The minimum atomic E-state index is -1.19. The molecular weight excluding hydrogens is 325 g/mol. The molecule has 1 heterocycles. The second kappa shape index (κ2) is 8.54. The summed E-state index contributed by atoms with van der Waals surface area (Å²) in [5, 5.41) is 9.28. The molecule has 1 aromatic carbocycles. The van der Waals surface area contributed by atoms with Gasteiger partial charge in [0.2, 0.25) is 0 Å². The summed E-state index contributed by atoms with van der Waals surface area (Å²) in [6.45, 7) is 1.85. The van der Waals surface area contributed by atoms with Gasteiger partial charge in [-0.3, -0.25) is 4.98 Å². The molecule has 128 valence electrons. The van der Waals surface area contributed by atoms with E-state index in [1.807, 2.05) is 0 Å². The number of allylic oxidation sites excluding steroid dienone is 2. The van der Waals surface area contributed by atoms with Crippen molar-refractivity contribution in [3.8, 4) is 0 Å². The van der Waals surface area contributed by atoms with Gasteiger partial charge in [-0.25, -0.2) is 14.0 Å². The van der Waals surface area contributed by atoms with Gasteiger partial charge in [-0.15, -0.1) is 0 Å². The summed E-state index contributed by atoms with van der Waals surface area (Å²) in [5.74, 6) is -2.13. The van der Waals surface area contributed by atoms with Crippen molar-refractivity contribution < 1.29 is 23.8 Å². The number of rotatable bonds is 6. The second-order valence-corrected chi connectivity index (χ2v) is 4.95. The van der Waals surface area contributed by atoms with Crippen molar-refractivity contribution >= 4 is 24.1 Å². The first kappa shape index (κ1) is 18.1. The van der Waals surface area contributed by atoms with Crippen molar-refractivity contribution in [3.05, 3.63) is 76.9 Å². The molecule has 0 aliphatic carbocycles. The normalized spacial score (nSPS) is 11.1. The number of hydrogen-bond donors (Lipinski definition) is 1. The zero-order chi connectivity index (χ0) is 18.2. The number of carboxylic acid groups (broad SMARTS) is 1. The van der Waals surface area contributed by atoms with Crippen LogP contribution in [0.15, 0.2) is 48.7 Å². The number of halogens is 1. The molecule has 0 atom stereocenters. The average Bonchev–Trinajstić information content (AvgIpc) is 2.60. The van der Waals surface area contributed by atoms with Crippen LogP contribution in [0.25, 0.3) is 12.2 Å². The molecule has 0 aliphatic rings. The van der Waals surface area contributed by atoms with Crippen LogP contribution in [0.1, 0.15) is 38.9 Å². The minimum Gasteiger partial charge on any atom is -0.478 e. The van der Waals surface area contributed by atoms with E-state index in [9.17, 15) is 19.1 Å². The molecule has 2 rings (SSSR count). The lowest BCUT2D eigenvalue weighted by Gasteiger charge is -2.04. The molecular formula is C19H16FNO4. The van der Waals surface area contributed by atoms with Crippen LogP contribution >= 0.6 is 0 Å². The third-order valence-corrected chi connectivity index (χ3v) is 3.18. The van der Waals surface area contributed by atoms with Crippen molar-refractivity contribution in [1.29, 1.82) is 0 Å². The summed E-state index contributed by atoms with van der Waals surface area (Å²) in [6, 6.07) is 7.17. The molecule has 0 amide bonds. The smallest absolute Gasteiger partial charge is 0.339 e. The minimum absolute atomic E-state index is 0.0817. The predicted molar refractivity (Wildman–Crippen MR) is 91.6 cm³/mol. The van der Waals surface area contributed by atoms with Crippen LogP contribution in [0, 0.1) is 5.82 Å². The van der Waals surface area contributed by atoms with Crippen molar-refractivity contribution in [2.75, 3.05) is 6.61 Å². The van der Waals surface area contributed by atoms with Gasteiger partial charge in [0.1, 0.15) is 5.82 Å². The number of carbonyl (C=O) groups is 2. The number of hydrogen-bond acceptors (Lipinski definition) is 4. The number of ether oxygens (including phenoxy) is 1.